The van der Waals surface area contributed by atoms with Gasteiger partial charge in [-0.25, -0.2) is 0 Å². The fourth-order valence-electron chi connectivity index (χ4n) is 2.83. The molecule has 4 heteroatoms. The van der Waals surface area contributed by atoms with Crippen LogP contribution in [0.5, 0.6) is 0 Å². The molecule has 1 aliphatic heterocycles. The summed E-state index contributed by atoms with van der Waals surface area (Å²) in [7, 11) is 0. The van der Waals surface area contributed by atoms with Crippen molar-refractivity contribution in [2.75, 3.05) is 13.1 Å². The van der Waals surface area contributed by atoms with Crippen molar-refractivity contribution in [3.05, 3.63) is 0 Å². The van der Waals surface area contributed by atoms with Crippen LogP contribution >= 0.6 is 0 Å². The van der Waals surface area contributed by atoms with Gasteiger partial charge in [-0.05, 0) is 31.1 Å². The quantitative estimate of drug-likeness (QED) is 0.762. The van der Waals surface area contributed by atoms with E-state index < -0.39 is 11.5 Å². The summed E-state index contributed by atoms with van der Waals surface area (Å²) in [4.78, 5) is 13.5. The first-order valence-corrected chi connectivity index (χ1v) is 7.01. The molecule has 1 saturated heterocycles. The predicted molar refractivity (Wildman–Crippen MR) is 73.4 cm³/mol. The molecule has 1 heterocycles. The minimum Gasteiger partial charge on any atom is -0.480 e. The van der Waals surface area contributed by atoms with Gasteiger partial charge < -0.3 is 10.8 Å². The average molecular weight is 256 g/mol. The van der Waals surface area contributed by atoms with Gasteiger partial charge in [0.05, 0.1) is 0 Å². The van der Waals surface area contributed by atoms with E-state index in [2.05, 4.69) is 32.6 Å². The summed E-state index contributed by atoms with van der Waals surface area (Å²) in [6.45, 7) is 10.2. The zero-order valence-corrected chi connectivity index (χ0v) is 12.1. The molecular formula is C14H28N2O2. The second-order valence-corrected chi connectivity index (χ2v) is 6.59. The number of aliphatic carboxylic acids is 1. The highest BCUT2D eigenvalue weighted by molar-refractivity contribution is 5.79. The standard InChI is InChI=1S/C14H28N2O2/c1-10(2)7-12(8-11(3)4)16-6-5-14(15,9-16)13(17)18/h10-12H,5-9,15H2,1-4H3,(H,17,18). The highest BCUT2D eigenvalue weighted by Crippen LogP contribution is 2.27. The molecule has 0 aromatic heterocycles. The number of hydrogen-bond acceptors (Lipinski definition) is 3. The molecule has 0 aliphatic carbocycles. The maximum absolute atomic E-state index is 11.2. The van der Waals surface area contributed by atoms with Crippen molar-refractivity contribution < 1.29 is 9.90 Å². The molecule has 1 fully saturated rings. The van der Waals surface area contributed by atoms with Gasteiger partial charge in [-0.15, -0.1) is 0 Å². The largest absolute Gasteiger partial charge is 0.480 e. The van der Waals surface area contributed by atoms with E-state index in [9.17, 15) is 9.90 Å². The fourth-order valence-corrected chi connectivity index (χ4v) is 2.83. The van der Waals surface area contributed by atoms with Gasteiger partial charge in [0.2, 0.25) is 0 Å². The molecule has 0 aromatic carbocycles. The molecule has 1 atom stereocenters. The molecule has 0 bridgehead atoms. The number of nitrogens with two attached hydrogens (primary N) is 1. The van der Waals surface area contributed by atoms with E-state index in [1.807, 2.05) is 0 Å². The lowest BCUT2D eigenvalue weighted by Crippen LogP contribution is -2.51. The van der Waals surface area contributed by atoms with Crippen LogP contribution in [-0.4, -0.2) is 40.6 Å². The Morgan fingerprint density at radius 3 is 2.11 bits per heavy atom. The van der Waals surface area contributed by atoms with Gasteiger partial charge in [0.1, 0.15) is 5.54 Å². The van der Waals surface area contributed by atoms with Crippen molar-refractivity contribution in [3.8, 4) is 0 Å². The van der Waals surface area contributed by atoms with Crippen LogP contribution in [0, 0.1) is 11.8 Å². The van der Waals surface area contributed by atoms with E-state index in [1.54, 1.807) is 0 Å². The molecule has 18 heavy (non-hydrogen) atoms. The molecule has 0 aromatic rings. The molecule has 4 nitrogen and oxygen atoms in total. The predicted octanol–water partition coefficient (Wildman–Crippen LogP) is 1.93. The third kappa shape index (κ3) is 3.95. The Kier molecular flexibility index (Phi) is 5.17. The summed E-state index contributed by atoms with van der Waals surface area (Å²) < 4.78 is 0. The number of rotatable bonds is 6. The second-order valence-electron chi connectivity index (χ2n) is 6.59. The Hall–Kier alpha value is -0.610. The summed E-state index contributed by atoms with van der Waals surface area (Å²) >= 11 is 0. The van der Waals surface area contributed by atoms with Crippen molar-refractivity contribution in [2.24, 2.45) is 17.6 Å². The van der Waals surface area contributed by atoms with Crippen molar-refractivity contribution >= 4 is 5.97 Å². The highest BCUT2D eigenvalue weighted by Gasteiger charge is 2.43. The zero-order valence-electron chi connectivity index (χ0n) is 12.1. The van der Waals surface area contributed by atoms with Crippen LogP contribution in [0.3, 0.4) is 0 Å². The maximum Gasteiger partial charge on any atom is 0.325 e. The number of carboxylic acids is 1. The van der Waals surface area contributed by atoms with Crippen molar-refractivity contribution in [1.29, 1.82) is 0 Å². The first-order chi connectivity index (χ1) is 8.24. The van der Waals surface area contributed by atoms with Gasteiger partial charge >= 0.3 is 5.97 Å². The van der Waals surface area contributed by atoms with Crippen molar-refractivity contribution in [2.45, 2.75) is 58.5 Å². The van der Waals surface area contributed by atoms with Gasteiger partial charge in [-0.3, -0.25) is 9.69 Å². The lowest BCUT2D eigenvalue weighted by molar-refractivity contribution is -0.142. The smallest absolute Gasteiger partial charge is 0.325 e. The lowest BCUT2D eigenvalue weighted by atomic mass is 9.94. The molecule has 1 aliphatic rings. The van der Waals surface area contributed by atoms with E-state index in [0.29, 0.717) is 30.8 Å². The van der Waals surface area contributed by atoms with Gasteiger partial charge in [0.15, 0.2) is 0 Å². The van der Waals surface area contributed by atoms with Crippen molar-refractivity contribution in [3.63, 3.8) is 0 Å². The summed E-state index contributed by atoms with van der Waals surface area (Å²) in [6, 6.07) is 0.467. The van der Waals surface area contributed by atoms with Crippen LogP contribution in [0.4, 0.5) is 0 Å². The highest BCUT2D eigenvalue weighted by atomic mass is 16.4. The van der Waals surface area contributed by atoms with E-state index in [4.69, 9.17) is 5.73 Å². The molecule has 1 rings (SSSR count). The zero-order chi connectivity index (χ0) is 13.9. The van der Waals surface area contributed by atoms with Crippen LogP contribution in [0.1, 0.15) is 47.0 Å². The van der Waals surface area contributed by atoms with Crippen LogP contribution in [0.15, 0.2) is 0 Å². The summed E-state index contributed by atoms with van der Waals surface area (Å²) in [6.07, 6.45) is 2.80. The number of nitrogens with zero attached hydrogens (tertiary/aromatic N) is 1. The number of carboxylic acid groups (broad SMARTS) is 1. The Balaban J connectivity index is 2.67. The third-order valence-electron chi connectivity index (χ3n) is 3.76. The molecular weight excluding hydrogens is 228 g/mol. The molecule has 3 N–H and O–H groups in total. The lowest BCUT2D eigenvalue weighted by Gasteiger charge is -2.31. The number of hydrogen-bond donors (Lipinski definition) is 2. The molecule has 0 amide bonds. The Bertz CT molecular complexity index is 282. The van der Waals surface area contributed by atoms with Gasteiger partial charge in [-0.2, -0.15) is 0 Å². The van der Waals surface area contributed by atoms with E-state index in [-0.39, 0.29) is 0 Å². The number of likely N-dealkylation sites (tertiary alicyclic amines) is 1. The van der Waals surface area contributed by atoms with Crippen LogP contribution < -0.4 is 5.73 Å². The summed E-state index contributed by atoms with van der Waals surface area (Å²) in [5.74, 6) is 0.399. The minimum absolute atomic E-state index is 0.467. The van der Waals surface area contributed by atoms with Gasteiger partial charge in [0, 0.05) is 19.1 Å². The van der Waals surface area contributed by atoms with E-state index in [1.165, 1.54) is 0 Å². The monoisotopic (exact) mass is 256 g/mol. The first kappa shape index (κ1) is 15.4. The topological polar surface area (TPSA) is 66.6 Å². The Morgan fingerprint density at radius 2 is 1.78 bits per heavy atom. The van der Waals surface area contributed by atoms with Crippen LogP contribution in [-0.2, 0) is 4.79 Å². The van der Waals surface area contributed by atoms with Gasteiger partial charge in [-0.1, -0.05) is 27.7 Å². The maximum atomic E-state index is 11.2. The molecule has 1 unspecified atom stereocenters. The molecule has 0 radical (unpaired) electrons. The second kappa shape index (κ2) is 6.02. The Morgan fingerprint density at radius 1 is 1.28 bits per heavy atom. The average Bonchev–Trinajstić information content (AvgIpc) is 2.60. The normalized spacial score (nSPS) is 25.6. The fraction of sp³-hybridized carbons (Fsp3) is 0.929. The molecule has 106 valence electrons. The molecule has 0 spiro atoms. The van der Waals surface area contributed by atoms with Crippen LogP contribution in [0.2, 0.25) is 0 Å². The summed E-state index contributed by atoms with van der Waals surface area (Å²) in [5, 5.41) is 9.18. The minimum atomic E-state index is -1.04. The summed E-state index contributed by atoms with van der Waals surface area (Å²) in [5.41, 5.74) is 4.91. The van der Waals surface area contributed by atoms with E-state index in [0.717, 1.165) is 19.4 Å². The number of carbonyl (C=O) groups is 1. The Labute approximate surface area is 111 Å². The first-order valence-electron chi connectivity index (χ1n) is 7.01. The van der Waals surface area contributed by atoms with Crippen LogP contribution in [0.25, 0.3) is 0 Å². The van der Waals surface area contributed by atoms with E-state index >= 15 is 0 Å². The molecule has 0 saturated carbocycles. The third-order valence-corrected chi connectivity index (χ3v) is 3.76. The SMILES string of the molecule is CC(C)CC(CC(C)C)N1CCC(N)(C(=O)O)C1. The van der Waals surface area contributed by atoms with Gasteiger partial charge in [0.25, 0.3) is 0 Å². The van der Waals surface area contributed by atoms with Crippen molar-refractivity contribution in [1.82, 2.24) is 4.90 Å².